The lowest BCUT2D eigenvalue weighted by Crippen LogP contribution is -2.36. The Hall–Kier alpha value is -0.620. The van der Waals surface area contributed by atoms with E-state index in [-0.39, 0.29) is 12.5 Å². The SMILES string of the molecule is Cc1cccc(C(=O)N2CCCC2CCCO)c1I. The van der Waals surface area contributed by atoms with Crippen LogP contribution in [0.4, 0.5) is 0 Å². The summed E-state index contributed by atoms with van der Waals surface area (Å²) in [6.07, 6.45) is 3.82. The summed E-state index contributed by atoms with van der Waals surface area (Å²) < 4.78 is 1.05. The van der Waals surface area contributed by atoms with Crippen molar-refractivity contribution < 1.29 is 9.90 Å². The van der Waals surface area contributed by atoms with Gasteiger partial charge in [-0.1, -0.05) is 12.1 Å². The molecule has 4 heteroatoms. The van der Waals surface area contributed by atoms with E-state index in [1.807, 2.05) is 30.0 Å². The first-order valence-corrected chi connectivity index (χ1v) is 7.90. The van der Waals surface area contributed by atoms with Gasteiger partial charge in [0.05, 0.1) is 5.56 Å². The van der Waals surface area contributed by atoms with Crippen LogP contribution in [0.3, 0.4) is 0 Å². The van der Waals surface area contributed by atoms with Gasteiger partial charge in [-0.05, 0) is 66.8 Å². The van der Waals surface area contributed by atoms with Gasteiger partial charge in [0.15, 0.2) is 0 Å². The number of aliphatic hydroxyl groups excluding tert-OH is 1. The first-order valence-electron chi connectivity index (χ1n) is 6.82. The van der Waals surface area contributed by atoms with E-state index in [1.165, 1.54) is 0 Å². The van der Waals surface area contributed by atoms with Crippen LogP contribution in [0, 0.1) is 10.5 Å². The number of hydrogen-bond donors (Lipinski definition) is 1. The molecule has 1 atom stereocenters. The number of benzene rings is 1. The van der Waals surface area contributed by atoms with Crippen molar-refractivity contribution in [2.75, 3.05) is 13.2 Å². The molecule has 0 bridgehead atoms. The van der Waals surface area contributed by atoms with Gasteiger partial charge in [-0.15, -0.1) is 0 Å². The quantitative estimate of drug-likeness (QED) is 0.825. The summed E-state index contributed by atoms with van der Waals surface area (Å²) in [5, 5.41) is 8.94. The van der Waals surface area contributed by atoms with Gasteiger partial charge in [-0.2, -0.15) is 0 Å². The molecule has 0 radical (unpaired) electrons. The predicted molar refractivity (Wildman–Crippen MR) is 84.3 cm³/mol. The van der Waals surface area contributed by atoms with Crippen molar-refractivity contribution >= 4 is 28.5 Å². The fourth-order valence-corrected chi connectivity index (χ4v) is 3.29. The second-order valence-corrected chi connectivity index (χ2v) is 6.18. The molecule has 1 saturated heterocycles. The van der Waals surface area contributed by atoms with Gasteiger partial charge in [0, 0.05) is 22.8 Å². The molecule has 1 aliphatic heterocycles. The number of carbonyl (C=O) groups excluding carboxylic acids is 1. The highest BCUT2D eigenvalue weighted by Gasteiger charge is 2.29. The highest BCUT2D eigenvalue weighted by Crippen LogP contribution is 2.26. The Morgan fingerprint density at radius 3 is 3.05 bits per heavy atom. The largest absolute Gasteiger partial charge is 0.396 e. The minimum absolute atomic E-state index is 0.147. The molecule has 3 nitrogen and oxygen atoms in total. The summed E-state index contributed by atoms with van der Waals surface area (Å²) in [7, 11) is 0. The van der Waals surface area contributed by atoms with Crippen LogP contribution in [0.15, 0.2) is 18.2 Å². The molecule has 0 aromatic heterocycles. The molecule has 0 spiro atoms. The van der Waals surface area contributed by atoms with Crippen LogP contribution >= 0.6 is 22.6 Å². The van der Waals surface area contributed by atoms with Crippen molar-refractivity contribution in [3.05, 3.63) is 32.9 Å². The van der Waals surface area contributed by atoms with E-state index in [0.717, 1.165) is 46.9 Å². The smallest absolute Gasteiger partial charge is 0.255 e. The van der Waals surface area contributed by atoms with Gasteiger partial charge < -0.3 is 10.0 Å². The van der Waals surface area contributed by atoms with E-state index in [1.54, 1.807) is 0 Å². The highest BCUT2D eigenvalue weighted by atomic mass is 127. The lowest BCUT2D eigenvalue weighted by molar-refractivity contribution is 0.0723. The number of hydrogen-bond acceptors (Lipinski definition) is 2. The van der Waals surface area contributed by atoms with Gasteiger partial charge in [-0.25, -0.2) is 0 Å². The van der Waals surface area contributed by atoms with Crippen molar-refractivity contribution in [3.8, 4) is 0 Å². The Morgan fingerprint density at radius 2 is 2.32 bits per heavy atom. The third kappa shape index (κ3) is 3.28. The Bertz CT molecular complexity index is 461. The molecular formula is C15H20INO2. The molecule has 19 heavy (non-hydrogen) atoms. The molecule has 1 heterocycles. The lowest BCUT2D eigenvalue weighted by atomic mass is 10.1. The normalized spacial score (nSPS) is 18.9. The molecule has 1 aliphatic rings. The highest BCUT2D eigenvalue weighted by molar-refractivity contribution is 14.1. The summed E-state index contributed by atoms with van der Waals surface area (Å²) in [6.45, 7) is 3.09. The third-order valence-corrected chi connectivity index (χ3v) is 5.19. The van der Waals surface area contributed by atoms with E-state index in [2.05, 4.69) is 22.6 Å². The number of amides is 1. The van der Waals surface area contributed by atoms with Crippen LogP contribution in [-0.4, -0.2) is 35.1 Å². The van der Waals surface area contributed by atoms with Crippen LogP contribution in [-0.2, 0) is 0 Å². The minimum atomic E-state index is 0.147. The summed E-state index contributed by atoms with van der Waals surface area (Å²) in [4.78, 5) is 14.6. The molecule has 0 aliphatic carbocycles. The van der Waals surface area contributed by atoms with Gasteiger partial charge in [0.25, 0.3) is 5.91 Å². The molecule has 1 fully saturated rings. The van der Waals surface area contributed by atoms with E-state index >= 15 is 0 Å². The van der Waals surface area contributed by atoms with E-state index in [4.69, 9.17) is 5.11 Å². The van der Waals surface area contributed by atoms with Crippen molar-refractivity contribution in [3.63, 3.8) is 0 Å². The third-order valence-electron chi connectivity index (χ3n) is 3.76. The van der Waals surface area contributed by atoms with Crippen LogP contribution in [0.25, 0.3) is 0 Å². The van der Waals surface area contributed by atoms with Crippen molar-refractivity contribution in [1.82, 2.24) is 4.90 Å². The van der Waals surface area contributed by atoms with Gasteiger partial charge in [0.2, 0.25) is 0 Å². The maximum atomic E-state index is 12.7. The zero-order valence-corrected chi connectivity index (χ0v) is 13.4. The topological polar surface area (TPSA) is 40.5 Å². The number of rotatable bonds is 4. The summed E-state index contributed by atoms with van der Waals surface area (Å²) in [5.74, 6) is 0.147. The second-order valence-electron chi connectivity index (χ2n) is 5.10. The molecule has 1 amide bonds. The zero-order chi connectivity index (χ0) is 13.8. The molecule has 1 N–H and O–H groups in total. The lowest BCUT2D eigenvalue weighted by Gasteiger charge is -2.25. The van der Waals surface area contributed by atoms with E-state index in [9.17, 15) is 4.79 Å². The molecule has 1 aromatic carbocycles. The number of aliphatic hydroxyl groups is 1. The molecule has 2 rings (SSSR count). The average Bonchev–Trinajstić information content (AvgIpc) is 2.87. The van der Waals surface area contributed by atoms with Crippen molar-refractivity contribution in [2.24, 2.45) is 0 Å². The molecule has 104 valence electrons. The molecule has 1 aromatic rings. The standard InChI is InChI=1S/C15H20INO2/c1-11-5-2-8-13(14(11)16)15(19)17-9-3-6-12(17)7-4-10-18/h2,5,8,12,18H,3-4,6-7,9-10H2,1H3. The maximum Gasteiger partial charge on any atom is 0.255 e. The second kappa shape index (κ2) is 6.70. The van der Waals surface area contributed by atoms with Crippen LogP contribution in [0.5, 0.6) is 0 Å². The van der Waals surface area contributed by atoms with Gasteiger partial charge in [0.1, 0.15) is 0 Å². The van der Waals surface area contributed by atoms with Crippen LogP contribution in [0.1, 0.15) is 41.6 Å². The first kappa shape index (κ1) is 14.8. The minimum Gasteiger partial charge on any atom is -0.396 e. The Morgan fingerprint density at radius 1 is 1.53 bits per heavy atom. The number of carbonyl (C=O) groups is 1. The number of likely N-dealkylation sites (tertiary alicyclic amines) is 1. The summed E-state index contributed by atoms with van der Waals surface area (Å²) in [5.41, 5.74) is 1.97. The predicted octanol–water partition coefficient (Wildman–Crippen LogP) is 2.98. The van der Waals surface area contributed by atoms with Gasteiger partial charge in [-0.3, -0.25) is 4.79 Å². The van der Waals surface area contributed by atoms with Crippen LogP contribution in [0.2, 0.25) is 0 Å². The fraction of sp³-hybridized carbons (Fsp3) is 0.533. The fourth-order valence-electron chi connectivity index (χ4n) is 2.70. The van der Waals surface area contributed by atoms with Crippen molar-refractivity contribution in [2.45, 2.75) is 38.6 Å². The first-order chi connectivity index (χ1) is 9.15. The zero-order valence-electron chi connectivity index (χ0n) is 11.2. The summed E-state index contributed by atoms with van der Waals surface area (Å²) in [6, 6.07) is 6.20. The van der Waals surface area contributed by atoms with Crippen molar-refractivity contribution in [1.29, 1.82) is 0 Å². The summed E-state index contributed by atoms with van der Waals surface area (Å²) >= 11 is 2.25. The van der Waals surface area contributed by atoms with Crippen LogP contribution < -0.4 is 0 Å². The van der Waals surface area contributed by atoms with E-state index < -0.39 is 0 Å². The molecule has 1 unspecified atom stereocenters. The molecule has 0 saturated carbocycles. The Kier molecular flexibility index (Phi) is 5.21. The Labute approximate surface area is 128 Å². The number of halogens is 1. The monoisotopic (exact) mass is 373 g/mol. The number of aryl methyl sites for hydroxylation is 1. The van der Waals surface area contributed by atoms with Gasteiger partial charge >= 0.3 is 0 Å². The average molecular weight is 373 g/mol. The maximum absolute atomic E-state index is 12.7. The number of nitrogens with zero attached hydrogens (tertiary/aromatic N) is 1. The Balaban J connectivity index is 2.16. The molecular weight excluding hydrogens is 353 g/mol. The van der Waals surface area contributed by atoms with E-state index in [0.29, 0.717) is 6.04 Å².